The molecule has 0 fully saturated rings. The van der Waals surface area contributed by atoms with E-state index in [9.17, 15) is 9.59 Å². The van der Waals surface area contributed by atoms with Crippen molar-refractivity contribution in [3.8, 4) is 5.88 Å². The van der Waals surface area contributed by atoms with Crippen LogP contribution < -0.4 is 14.8 Å². The van der Waals surface area contributed by atoms with Crippen LogP contribution in [-0.4, -0.2) is 56.8 Å². The predicted molar refractivity (Wildman–Crippen MR) is 221 cm³/mol. The summed E-state index contributed by atoms with van der Waals surface area (Å²) in [6.07, 6.45) is 6.84. The van der Waals surface area contributed by atoms with Crippen molar-refractivity contribution >= 4 is 27.7 Å². The Bertz CT molecular complexity index is 2270. The molecular formula is C45H50N6O5S. The molecule has 0 spiro atoms. The van der Waals surface area contributed by atoms with Crippen molar-refractivity contribution in [2.24, 2.45) is 10.3 Å². The molecule has 5 aromatic rings. The highest BCUT2D eigenvalue weighted by Crippen LogP contribution is 2.44. The van der Waals surface area contributed by atoms with Gasteiger partial charge in [-0.25, -0.2) is 23.2 Å². The van der Waals surface area contributed by atoms with Gasteiger partial charge in [0.15, 0.2) is 9.92 Å². The summed E-state index contributed by atoms with van der Waals surface area (Å²) in [6.45, 7) is 6.45. The molecule has 11 nitrogen and oxygen atoms in total. The van der Waals surface area contributed by atoms with Gasteiger partial charge in [-0.3, -0.25) is 0 Å². The van der Waals surface area contributed by atoms with E-state index in [-0.39, 0.29) is 23.3 Å². The number of nitrogens with one attached hydrogen (secondary N) is 2. The third-order valence-electron chi connectivity index (χ3n) is 11.0. The van der Waals surface area contributed by atoms with Crippen LogP contribution in [0.25, 0.3) is 0 Å². The molecular weight excluding hydrogens is 737 g/mol. The molecule has 2 unspecified atom stereocenters. The first-order valence-electron chi connectivity index (χ1n) is 19.8. The highest BCUT2D eigenvalue weighted by atomic mass is 32.2. The Morgan fingerprint density at radius 1 is 0.877 bits per heavy atom. The topological polar surface area (TPSA) is 127 Å². The molecule has 1 aromatic heterocycles. The largest absolute Gasteiger partial charge is 0.476 e. The molecule has 8 rings (SSSR count). The molecule has 0 radical (unpaired) electrons. The summed E-state index contributed by atoms with van der Waals surface area (Å²) in [5, 5.41) is 7.86. The van der Waals surface area contributed by atoms with Crippen molar-refractivity contribution < 1.29 is 23.3 Å². The van der Waals surface area contributed by atoms with E-state index in [2.05, 4.69) is 21.2 Å². The molecule has 0 saturated heterocycles. The Morgan fingerprint density at radius 3 is 1.95 bits per heavy atom. The van der Waals surface area contributed by atoms with Crippen LogP contribution >= 0.6 is 0 Å². The molecule has 1 aliphatic heterocycles. The van der Waals surface area contributed by atoms with Gasteiger partial charge in [0.05, 0.1) is 19.3 Å². The van der Waals surface area contributed by atoms with E-state index in [0.717, 1.165) is 72.0 Å². The van der Waals surface area contributed by atoms with Gasteiger partial charge in [-0.1, -0.05) is 97.1 Å². The Kier molecular flexibility index (Phi) is 10.3. The summed E-state index contributed by atoms with van der Waals surface area (Å²) in [7, 11) is -2.23. The molecule has 3 aliphatic rings. The number of fused-ring (bicyclic) bond motifs is 3. The number of rotatable bonds is 9. The van der Waals surface area contributed by atoms with Crippen LogP contribution in [0, 0.1) is 5.92 Å². The van der Waals surface area contributed by atoms with Crippen LogP contribution in [0.4, 0.5) is 15.3 Å². The molecule has 0 saturated carbocycles. The smallest absolute Gasteiger partial charge is 0.410 e. The molecule has 12 heteroatoms. The molecule has 0 bridgehead atoms. The second-order valence-electron chi connectivity index (χ2n) is 16.2. The van der Waals surface area contributed by atoms with E-state index >= 15 is 4.21 Å². The van der Waals surface area contributed by atoms with Crippen LogP contribution in [0.2, 0.25) is 0 Å². The Labute approximate surface area is 335 Å². The number of anilines is 1. The summed E-state index contributed by atoms with van der Waals surface area (Å²) < 4.78 is 38.2. The van der Waals surface area contributed by atoms with Gasteiger partial charge in [0.2, 0.25) is 5.88 Å². The van der Waals surface area contributed by atoms with Crippen LogP contribution in [0.3, 0.4) is 0 Å². The highest BCUT2D eigenvalue weighted by molar-refractivity contribution is 7.92. The average Bonchev–Trinajstić information content (AvgIpc) is 3.98. The minimum atomic E-state index is -3.92. The third-order valence-corrected chi connectivity index (χ3v) is 12.8. The number of aromatic nitrogens is 2. The van der Waals surface area contributed by atoms with Gasteiger partial charge in [-0.15, -0.1) is 0 Å². The van der Waals surface area contributed by atoms with E-state index in [4.69, 9.17) is 13.8 Å². The second-order valence-corrected chi connectivity index (χ2v) is 18.1. The molecule has 2 atom stereocenters. The monoisotopic (exact) mass is 786 g/mol. The molecule has 2 heterocycles. The summed E-state index contributed by atoms with van der Waals surface area (Å²) in [5.74, 6) is 0.121. The van der Waals surface area contributed by atoms with Crippen LogP contribution in [0.15, 0.2) is 113 Å². The number of carbonyl (C=O) groups excluding carboxylic acids is 2. The van der Waals surface area contributed by atoms with E-state index in [1.807, 2.05) is 112 Å². The van der Waals surface area contributed by atoms with E-state index in [1.165, 1.54) is 22.2 Å². The number of urea groups is 1. The van der Waals surface area contributed by atoms with Gasteiger partial charge in [-0.05, 0) is 98.2 Å². The number of hydrogen-bond donors (Lipinski definition) is 2. The Morgan fingerprint density at radius 2 is 1.42 bits per heavy atom. The normalized spacial score (nSPS) is 16.9. The van der Waals surface area contributed by atoms with Crippen molar-refractivity contribution in [2.45, 2.75) is 81.9 Å². The van der Waals surface area contributed by atoms with Crippen LogP contribution in [0.1, 0.15) is 72.6 Å². The zero-order chi connectivity index (χ0) is 39.8. The van der Waals surface area contributed by atoms with E-state index < -0.39 is 33.2 Å². The first kappa shape index (κ1) is 38.3. The molecule has 2 aliphatic carbocycles. The molecule has 57 heavy (non-hydrogen) atoms. The minimum Gasteiger partial charge on any atom is -0.476 e. The third kappa shape index (κ3) is 7.62. The number of hydrogen-bond acceptors (Lipinski definition) is 7. The average molecular weight is 787 g/mol. The van der Waals surface area contributed by atoms with Gasteiger partial charge in [0.25, 0.3) is 0 Å². The lowest BCUT2D eigenvalue weighted by molar-refractivity contribution is 0.0232. The van der Waals surface area contributed by atoms with Crippen molar-refractivity contribution in [1.82, 2.24) is 19.4 Å². The maximum absolute atomic E-state index is 16.3. The summed E-state index contributed by atoms with van der Waals surface area (Å²) in [5.41, 5.74) is 6.04. The number of amides is 3. The number of aryl methyl sites for hydroxylation is 2. The lowest BCUT2D eigenvalue weighted by atomic mass is 9.78. The van der Waals surface area contributed by atoms with Crippen molar-refractivity contribution in [3.63, 3.8) is 0 Å². The van der Waals surface area contributed by atoms with E-state index in [0.29, 0.717) is 13.1 Å². The number of ether oxygens (including phenoxy) is 2. The lowest BCUT2D eigenvalue weighted by Gasteiger charge is -2.33. The predicted octanol–water partition coefficient (Wildman–Crippen LogP) is 8.29. The SMILES string of the molecule is CN(CC1COc2c(S(=O)(=NC(c3ccccc3)(c3ccccc3)c3ccccc3)NC(=O)Nc3c4c(cc5c3CCC5)CCC4)cnn2C1)C(=O)OC(C)(C)C. The molecule has 296 valence electrons. The van der Waals surface area contributed by atoms with Crippen molar-refractivity contribution in [2.75, 3.05) is 25.5 Å². The molecule has 4 aromatic carbocycles. The summed E-state index contributed by atoms with van der Waals surface area (Å²) in [4.78, 5) is 29.0. The second kappa shape index (κ2) is 15.4. The molecule has 3 amide bonds. The standard InChI is InChI=1S/C45H50N6O5S/c1-44(2,3)56-43(53)50(4)28-31-29-51-41(55-30-31)39(27-46-51)57(54,48-42(52)47-40-37-24-14-16-32(37)26-33-17-15-25-38(33)40)49-45(34-18-8-5-9-19-34,35-20-10-6-11-21-35)36-22-12-7-13-23-36/h5-13,18-23,26-27,31H,14-17,24-25,28-30H2,1-4H3,(H2,47,48,49,52,54). The first-order chi connectivity index (χ1) is 27.4. The number of benzene rings is 4. The zero-order valence-electron chi connectivity index (χ0n) is 33.0. The summed E-state index contributed by atoms with van der Waals surface area (Å²) in [6, 6.07) is 30.9. The van der Waals surface area contributed by atoms with Crippen molar-refractivity contribution in [3.05, 3.63) is 142 Å². The van der Waals surface area contributed by atoms with Crippen LogP contribution in [0.5, 0.6) is 5.88 Å². The fourth-order valence-electron chi connectivity index (χ4n) is 8.48. The number of nitrogens with zero attached hydrogens (tertiary/aromatic N) is 4. The Balaban J connectivity index is 1.25. The van der Waals surface area contributed by atoms with E-state index in [1.54, 1.807) is 11.7 Å². The quantitative estimate of drug-likeness (QED) is 0.145. The fraction of sp³-hybridized carbons (Fsp3) is 0.356. The highest BCUT2D eigenvalue weighted by Gasteiger charge is 2.41. The zero-order valence-corrected chi connectivity index (χ0v) is 33.8. The Hall–Kier alpha value is -5.62. The maximum Gasteiger partial charge on any atom is 0.410 e. The summed E-state index contributed by atoms with van der Waals surface area (Å²) >= 11 is 0. The minimum absolute atomic E-state index is 0.133. The van der Waals surface area contributed by atoms with Gasteiger partial charge >= 0.3 is 12.1 Å². The number of carbonyl (C=O) groups is 2. The van der Waals surface area contributed by atoms with Gasteiger partial charge in [0.1, 0.15) is 16.0 Å². The van der Waals surface area contributed by atoms with Crippen molar-refractivity contribution in [1.29, 1.82) is 0 Å². The van der Waals surface area contributed by atoms with Gasteiger partial charge in [-0.2, -0.15) is 9.46 Å². The lowest BCUT2D eigenvalue weighted by Crippen LogP contribution is -2.41. The van der Waals surface area contributed by atoms with Gasteiger partial charge < -0.3 is 19.7 Å². The van der Waals surface area contributed by atoms with Gasteiger partial charge in [0, 0.05) is 25.2 Å². The van der Waals surface area contributed by atoms with Crippen LogP contribution in [-0.2, 0) is 52.4 Å². The fourth-order valence-corrected chi connectivity index (χ4v) is 10.3. The maximum atomic E-state index is 16.3. The first-order valence-corrected chi connectivity index (χ1v) is 21.3. The molecule has 2 N–H and O–H groups in total.